The molecule has 0 saturated heterocycles. The summed E-state index contributed by atoms with van der Waals surface area (Å²) in [7, 11) is 0. The molecule has 0 atom stereocenters. The molecule has 1 saturated carbocycles. The van der Waals surface area contributed by atoms with Gasteiger partial charge in [-0.3, -0.25) is 0 Å². The van der Waals surface area contributed by atoms with Gasteiger partial charge in [-0.1, -0.05) is 54.6 Å². The quantitative estimate of drug-likeness (QED) is 0.731. The van der Waals surface area contributed by atoms with Crippen LogP contribution in [-0.2, 0) is 6.54 Å². The Morgan fingerprint density at radius 3 is 2.78 bits per heavy atom. The zero-order valence-electron chi connectivity index (χ0n) is 15.2. The summed E-state index contributed by atoms with van der Waals surface area (Å²) in [5.74, 6) is 0. The summed E-state index contributed by atoms with van der Waals surface area (Å²) in [5, 5.41) is 8.08. The lowest BCUT2D eigenvalue weighted by atomic mass is 10.1. The molecule has 0 aliphatic heterocycles. The molecular weight excluding hydrogens is 332 g/mol. The Morgan fingerprint density at radius 1 is 1.04 bits per heavy atom. The molecule has 2 aliphatic carbocycles. The second-order valence-corrected chi connectivity index (χ2v) is 7.21. The van der Waals surface area contributed by atoms with Crippen LogP contribution in [0.1, 0.15) is 30.4 Å². The van der Waals surface area contributed by atoms with Crippen LogP contribution in [0.5, 0.6) is 0 Å². The van der Waals surface area contributed by atoms with Crippen LogP contribution in [0.15, 0.2) is 73.2 Å². The summed E-state index contributed by atoms with van der Waals surface area (Å²) < 4.78 is 1.87. The zero-order valence-corrected chi connectivity index (χ0v) is 15.2. The van der Waals surface area contributed by atoms with Crippen molar-refractivity contribution in [3.8, 4) is 11.1 Å². The van der Waals surface area contributed by atoms with Crippen molar-refractivity contribution in [3.05, 3.63) is 84.4 Å². The molecule has 2 aromatic heterocycles. The van der Waals surface area contributed by atoms with Gasteiger partial charge in [0.2, 0.25) is 0 Å². The monoisotopic (exact) mass is 354 g/mol. The van der Waals surface area contributed by atoms with Gasteiger partial charge in [-0.25, -0.2) is 9.50 Å². The summed E-state index contributed by atoms with van der Waals surface area (Å²) in [6, 6.07) is 9.45. The molecule has 1 aromatic carbocycles. The fourth-order valence-corrected chi connectivity index (χ4v) is 3.35. The average molecular weight is 354 g/mol. The Kier molecular flexibility index (Phi) is 4.18. The summed E-state index contributed by atoms with van der Waals surface area (Å²) >= 11 is 0. The van der Waals surface area contributed by atoms with E-state index in [2.05, 4.69) is 71.3 Å². The predicted octanol–water partition coefficient (Wildman–Crippen LogP) is 4.55. The molecule has 4 nitrogen and oxygen atoms in total. The summed E-state index contributed by atoms with van der Waals surface area (Å²) in [4.78, 5) is 4.70. The van der Waals surface area contributed by atoms with E-state index in [0.29, 0.717) is 0 Å². The molecule has 0 amide bonds. The van der Waals surface area contributed by atoms with E-state index >= 15 is 0 Å². The first-order chi connectivity index (χ1) is 13.4. The summed E-state index contributed by atoms with van der Waals surface area (Å²) in [5.41, 5.74) is 6.64. The van der Waals surface area contributed by atoms with Gasteiger partial charge in [0.1, 0.15) is 0 Å². The lowest BCUT2D eigenvalue weighted by Crippen LogP contribution is -2.14. The molecule has 134 valence electrons. The minimum atomic E-state index is 0.735. The van der Waals surface area contributed by atoms with Crippen LogP contribution in [0.4, 0.5) is 0 Å². The molecule has 0 radical (unpaired) electrons. The van der Waals surface area contributed by atoms with Crippen molar-refractivity contribution in [3.63, 3.8) is 0 Å². The van der Waals surface area contributed by atoms with Gasteiger partial charge in [0.15, 0.2) is 5.65 Å². The highest BCUT2D eigenvalue weighted by atomic mass is 15.2. The fourth-order valence-electron chi connectivity index (χ4n) is 3.35. The molecule has 27 heavy (non-hydrogen) atoms. The Morgan fingerprint density at radius 2 is 1.93 bits per heavy atom. The third-order valence-corrected chi connectivity index (χ3v) is 5.11. The molecule has 1 N–H and O–H groups in total. The Balaban J connectivity index is 1.41. The maximum atomic E-state index is 4.70. The third-order valence-electron chi connectivity index (χ3n) is 5.11. The number of hydrogen-bond donors (Lipinski definition) is 1. The van der Waals surface area contributed by atoms with Crippen molar-refractivity contribution in [2.24, 2.45) is 0 Å². The van der Waals surface area contributed by atoms with Crippen LogP contribution in [0.3, 0.4) is 0 Å². The van der Waals surface area contributed by atoms with Gasteiger partial charge in [-0.05, 0) is 36.0 Å². The van der Waals surface area contributed by atoms with Gasteiger partial charge in [0.25, 0.3) is 0 Å². The first-order valence-electron chi connectivity index (χ1n) is 9.57. The van der Waals surface area contributed by atoms with Crippen molar-refractivity contribution in [1.82, 2.24) is 19.9 Å². The molecule has 3 aromatic rings. The van der Waals surface area contributed by atoms with Crippen LogP contribution in [0, 0.1) is 0 Å². The van der Waals surface area contributed by atoms with Crippen molar-refractivity contribution < 1.29 is 0 Å². The van der Waals surface area contributed by atoms with E-state index < -0.39 is 0 Å². The molecule has 2 aliphatic rings. The number of aromatic nitrogens is 3. The van der Waals surface area contributed by atoms with E-state index in [1.165, 1.54) is 18.4 Å². The molecule has 0 spiro atoms. The number of nitrogens with zero attached hydrogens (tertiary/aromatic N) is 3. The fraction of sp³-hybridized carbons (Fsp3) is 0.217. The maximum absolute atomic E-state index is 4.70. The predicted molar refractivity (Wildman–Crippen MR) is 109 cm³/mol. The lowest BCUT2D eigenvalue weighted by Gasteiger charge is -2.06. The number of fused-ring (bicyclic) bond motifs is 1. The molecular formula is C23H22N4. The minimum Gasteiger partial charge on any atom is -0.310 e. The number of nitrogens with one attached hydrogen (secondary N) is 1. The van der Waals surface area contributed by atoms with Crippen LogP contribution >= 0.6 is 0 Å². The zero-order chi connectivity index (χ0) is 18.1. The highest BCUT2D eigenvalue weighted by Crippen LogP contribution is 2.25. The van der Waals surface area contributed by atoms with Gasteiger partial charge < -0.3 is 5.32 Å². The molecule has 0 unspecified atom stereocenters. The molecule has 0 bridgehead atoms. The smallest absolute Gasteiger partial charge is 0.162 e. The van der Waals surface area contributed by atoms with Crippen LogP contribution < -0.4 is 5.32 Å². The minimum absolute atomic E-state index is 0.735. The maximum Gasteiger partial charge on any atom is 0.162 e. The van der Waals surface area contributed by atoms with E-state index in [4.69, 9.17) is 4.98 Å². The highest BCUT2D eigenvalue weighted by Gasteiger charge is 2.19. The second-order valence-electron chi connectivity index (χ2n) is 7.21. The van der Waals surface area contributed by atoms with Crippen LogP contribution in [0.25, 0.3) is 22.3 Å². The number of allylic oxidation sites excluding steroid dienone is 6. The van der Waals surface area contributed by atoms with Crippen LogP contribution in [-0.4, -0.2) is 20.6 Å². The van der Waals surface area contributed by atoms with Gasteiger partial charge in [-0.2, -0.15) is 5.10 Å². The molecule has 2 heterocycles. The van der Waals surface area contributed by atoms with Crippen molar-refractivity contribution in [1.29, 1.82) is 0 Å². The standard InChI is InChI=1S/C23H22N4/c1-2-4-6-19(5-3-1)22-15-26-27-16-20(14-25-23(22)27)18-9-7-17(8-10-18)13-24-21-11-12-21/h1,3-10,14-16,21,24H,2,11-13H2. The van der Waals surface area contributed by atoms with Crippen LogP contribution in [0.2, 0.25) is 0 Å². The Labute approximate surface area is 158 Å². The topological polar surface area (TPSA) is 42.2 Å². The van der Waals surface area contributed by atoms with Gasteiger partial charge in [-0.15, -0.1) is 0 Å². The van der Waals surface area contributed by atoms with Gasteiger partial charge >= 0.3 is 0 Å². The first-order valence-corrected chi connectivity index (χ1v) is 9.57. The third kappa shape index (κ3) is 3.49. The number of benzene rings is 1. The Bertz CT molecular complexity index is 1050. The summed E-state index contributed by atoms with van der Waals surface area (Å²) in [6.45, 7) is 0.946. The van der Waals surface area contributed by atoms with E-state index in [-0.39, 0.29) is 0 Å². The van der Waals surface area contributed by atoms with E-state index in [1.54, 1.807) is 0 Å². The van der Waals surface area contributed by atoms with E-state index in [1.807, 2.05) is 16.9 Å². The largest absolute Gasteiger partial charge is 0.310 e. The van der Waals surface area contributed by atoms with Gasteiger partial charge in [0.05, 0.1) is 6.20 Å². The molecule has 1 fully saturated rings. The highest BCUT2D eigenvalue weighted by molar-refractivity contribution is 5.83. The van der Waals surface area contributed by atoms with Crippen molar-refractivity contribution >= 4 is 11.2 Å². The van der Waals surface area contributed by atoms with Gasteiger partial charge in [0, 0.05) is 36.1 Å². The molecule has 5 rings (SSSR count). The first kappa shape index (κ1) is 16.2. The van der Waals surface area contributed by atoms with Crippen molar-refractivity contribution in [2.45, 2.75) is 31.8 Å². The number of rotatable bonds is 5. The van der Waals surface area contributed by atoms with E-state index in [0.717, 1.165) is 46.9 Å². The van der Waals surface area contributed by atoms with Crippen molar-refractivity contribution in [2.75, 3.05) is 0 Å². The SMILES string of the molecule is C1=CCC=CC(c2cnn3cc(-c4ccc(CNC5CC5)cc4)cnc23)=C1. The normalized spacial score (nSPS) is 16.5. The summed E-state index contributed by atoms with van der Waals surface area (Å²) in [6.07, 6.45) is 20.1. The Hall–Kier alpha value is -2.98. The lowest BCUT2D eigenvalue weighted by molar-refractivity contribution is 0.688. The second kappa shape index (κ2) is 6.97. The average Bonchev–Trinajstić information content (AvgIpc) is 3.50. The van der Waals surface area contributed by atoms with E-state index in [9.17, 15) is 0 Å². The number of hydrogen-bond acceptors (Lipinski definition) is 3. The molecule has 4 heteroatoms.